The van der Waals surface area contributed by atoms with E-state index in [0.717, 1.165) is 29.6 Å². The molecule has 118 valence electrons. The summed E-state index contributed by atoms with van der Waals surface area (Å²) in [6.07, 6.45) is 4.22. The fourth-order valence-corrected chi connectivity index (χ4v) is 2.91. The van der Waals surface area contributed by atoms with Gasteiger partial charge in [-0.3, -0.25) is 4.79 Å². The molecule has 3 rings (SSSR count). The Hall–Kier alpha value is -2.26. The number of aromatic nitrogens is 1. The van der Waals surface area contributed by atoms with Crippen LogP contribution in [-0.2, 0) is 11.2 Å². The molecule has 3 aromatic rings. The number of hydrogen-bond acceptors (Lipinski definition) is 1. The van der Waals surface area contributed by atoms with Gasteiger partial charge in [-0.05, 0) is 49.1 Å². The normalized spacial score (nSPS) is 10.9. The van der Waals surface area contributed by atoms with E-state index >= 15 is 0 Å². The van der Waals surface area contributed by atoms with Gasteiger partial charge in [-0.15, -0.1) is 0 Å². The number of H-pyrrole nitrogens is 1. The Balaban J connectivity index is 1.56. The number of aryl methyl sites for hydroxylation is 1. The SMILES string of the molecule is Cc1c(Cl)cccc1NC(=O)CCCc1c[nH]c2ccccc12. The number of carbonyl (C=O) groups excluding carboxylic acids is 1. The lowest BCUT2D eigenvalue weighted by molar-refractivity contribution is -0.116. The van der Waals surface area contributed by atoms with Crippen molar-refractivity contribution in [3.8, 4) is 0 Å². The molecule has 1 heterocycles. The first kappa shape index (κ1) is 15.6. The van der Waals surface area contributed by atoms with Gasteiger partial charge in [0, 0.05) is 34.2 Å². The van der Waals surface area contributed by atoms with Crippen molar-refractivity contribution < 1.29 is 4.79 Å². The summed E-state index contributed by atoms with van der Waals surface area (Å²) in [5, 5.41) is 4.84. The minimum Gasteiger partial charge on any atom is -0.361 e. The maximum atomic E-state index is 12.1. The van der Waals surface area contributed by atoms with E-state index < -0.39 is 0 Å². The van der Waals surface area contributed by atoms with Gasteiger partial charge < -0.3 is 10.3 Å². The lowest BCUT2D eigenvalue weighted by Crippen LogP contribution is -2.12. The van der Waals surface area contributed by atoms with Crippen molar-refractivity contribution in [2.24, 2.45) is 0 Å². The first-order valence-corrected chi connectivity index (χ1v) is 8.13. The number of rotatable bonds is 5. The first-order valence-electron chi connectivity index (χ1n) is 7.75. The summed E-state index contributed by atoms with van der Waals surface area (Å²) >= 11 is 6.07. The number of carbonyl (C=O) groups is 1. The van der Waals surface area contributed by atoms with Gasteiger partial charge in [0.15, 0.2) is 0 Å². The van der Waals surface area contributed by atoms with Crippen molar-refractivity contribution in [1.29, 1.82) is 0 Å². The molecule has 0 atom stereocenters. The third kappa shape index (κ3) is 3.57. The minimum absolute atomic E-state index is 0.0233. The smallest absolute Gasteiger partial charge is 0.224 e. The maximum absolute atomic E-state index is 12.1. The summed E-state index contributed by atoms with van der Waals surface area (Å²) in [4.78, 5) is 15.4. The molecule has 1 amide bonds. The van der Waals surface area contributed by atoms with E-state index in [9.17, 15) is 4.79 Å². The van der Waals surface area contributed by atoms with Crippen molar-refractivity contribution in [1.82, 2.24) is 4.98 Å². The van der Waals surface area contributed by atoms with Crippen molar-refractivity contribution in [2.75, 3.05) is 5.32 Å². The van der Waals surface area contributed by atoms with E-state index in [2.05, 4.69) is 22.4 Å². The molecule has 2 N–H and O–H groups in total. The number of anilines is 1. The predicted octanol–water partition coefficient (Wildman–Crippen LogP) is 5.09. The largest absolute Gasteiger partial charge is 0.361 e. The highest BCUT2D eigenvalue weighted by Crippen LogP contribution is 2.23. The number of fused-ring (bicyclic) bond motifs is 1. The third-order valence-corrected chi connectivity index (χ3v) is 4.48. The summed E-state index contributed by atoms with van der Waals surface area (Å²) in [6, 6.07) is 13.8. The van der Waals surface area contributed by atoms with Crippen LogP contribution in [0.25, 0.3) is 10.9 Å². The average molecular weight is 327 g/mol. The molecular weight excluding hydrogens is 308 g/mol. The molecule has 0 spiro atoms. The molecule has 4 heteroatoms. The highest BCUT2D eigenvalue weighted by Gasteiger charge is 2.08. The minimum atomic E-state index is 0.0233. The van der Waals surface area contributed by atoms with Crippen molar-refractivity contribution in [3.63, 3.8) is 0 Å². The van der Waals surface area contributed by atoms with Gasteiger partial charge in [-0.1, -0.05) is 35.9 Å². The van der Waals surface area contributed by atoms with Crippen LogP contribution in [0.3, 0.4) is 0 Å². The number of halogens is 1. The van der Waals surface area contributed by atoms with E-state index in [4.69, 9.17) is 11.6 Å². The Morgan fingerprint density at radius 2 is 2.00 bits per heavy atom. The Morgan fingerprint density at radius 1 is 1.17 bits per heavy atom. The Labute approximate surface area is 140 Å². The fourth-order valence-electron chi connectivity index (χ4n) is 2.73. The number of benzene rings is 2. The van der Waals surface area contributed by atoms with E-state index in [1.165, 1.54) is 10.9 Å². The van der Waals surface area contributed by atoms with Crippen LogP contribution in [0.4, 0.5) is 5.69 Å². The summed E-state index contributed by atoms with van der Waals surface area (Å²) in [6.45, 7) is 1.91. The van der Waals surface area contributed by atoms with Crippen LogP contribution in [0.5, 0.6) is 0 Å². The highest BCUT2D eigenvalue weighted by atomic mass is 35.5. The molecule has 0 aliphatic heterocycles. The molecule has 0 aliphatic rings. The quantitative estimate of drug-likeness (QED) is 0.673. The van der Waals surface area contributed by atoms with E-state index in [0.29, 0.717) is 11.4 Å². The molecule has 0 saturated heterocycles. The van der Waals surface area contributed by atoms with Crippen molar-refractivity contribution in [2.45, 2.75) is 26.2 Å². The van der Waals surface area contributed by atoms with Crippen LogP contribution in [0, 0.1) is 6.92 Å². The summed E-state index contributed by atoms with van der Waals surface area (Å²) < 4.78 is 0. The molecule has 1 aromatic heterocycles. The summed E-state index contributed by atoms with van der Waals surface area (Å²) in [7, 11) is 0. The molecule has 0 radical (unpaired) electrons. The molecule has 0 bridgehead atoms. The van der Waals surface area contributed by atoms with Gasteiger partial charge in [-0.2, -0.15) is 0 Å². The third-order valence-electron chi connectivity index (χ3n) is 4.07. The van der Waals surface area contributed by atoms with Crippen LogP contribution in [0.15, 0.2) is 48.7 Å². The molecule has 0 unspecified atom stereocenters. The monoisotopic (exact) mass is 326 g/mol. The Kier molecular flexibility index (Phi) is 4.68. The Morgan fingerprint density at radius 3 is 2.87 bits per heavy atom. The van der Waals surface area contributed by atoms with Crippen LogP contribution in [0.2, 0.25) is 5.02 Å². The maximum Gasteiger partial charge on any atom is 0.224 e. The summed E-state index contributed by atoms with van der Waals surface area (Å²) in [5.74, 6) is 0.0233. The van der Waals surface area contributed by atoms with Gasteiger partial charge in [0.05, 0.1) is 0 Å². The molecule has 0 aliphatic carbocycles. The van der Waals surface area contributed by atoms with Crippen molar-refractivity contribution >= 4 is 34.1 Å². The van der Waals surface area contributed by atoms with Gasteiger partial charge in [-0.25, -0.2) is 0 Å². The van der Waals surface area contributed by atoms with Crippen LogP contribution >= 0.6 is 11.6 Å². The lowest BCUT2D eigenvalue weighted by atomic mass is 10.1. The van der Waals surface area contributed by atoms with Gasteiger partial charge in [0.25, 0.3) is 0 Å². The average Bonchev–Trinajstić information content (AvgIpc) is 2.95. The second kappa shape index (κ2) is 6.88. The zero-order valence-corrected chi connectivity index (χ0v) is 13.8. The molecule has 0 saturated carbocycles. The molecular formula is C19H19ClN2O. The van der Waals surface area contributed by atoms with E-state index in [1.807, 2.05) is 43.5 Å². The van der Waals surface area contributed by atoms with Gasteiger partial charge in [0.2, 0.25) is 5.91 Å². The van der Waals surface area contributed by atoms with Crippen LogP contribution < -0.4 is 5.32 Å². The molecule has 3 nitrogen and oxygen atoms in total. The van der Waals surface area contributed by atoms with E-state index in [1.54, 1.807) is 0 Å². The highest BCUT2D eigenvalue weighted by molar-refractivity contribution is 6.31. The number of aromatic amines is 1. The number of nitrogens with one attached hydrogen (secondary N) is 2. The van der Waals surface area contributed by atoms with Crippen LogP contribution in [0.1, 0.15) is 24.0 Å². The standard InChI is InChI=1S/C19H19ClN2O/c1-13-16(20)8-5-10-17(13)22-19(23)11-4-6-14-12-21-18-9-3-2-7-15(14)18/h2-3,5,7-10,12,21H,4,6,11H2,1H3,(H,22,23). The zero-order valence-electron chi connectivity index (χ0n) is 13.0. The topological polar surface area (TPSA) is 44.9 Å². The summed E-state index contributed by atoms with van der Waals surface area (Å²) in [5.41, 5.74) is 4.09. The second-order valence-electron chi connectivity index (χ2n) is 5.67. The molecule has 2 aromatic carbocycles. The Bertz CT molecular complexity index is 838. The zero-order chi connectivity index (χ0) is 16.2. The fraction of sp³-hybridized carbons (Fsp3) is 0.211. The van der Waals surface area contributed by atoms with Crippen molar-refractivity contribution in [3.05, 3.63) is 64.8 Å². The number of hydrogen-bond donors (Lipinski definition) is 2. The number of para-hydroxylation sites is 1. The predicted molar refractivity (Wildman–Crippen MR) is 96.1 cm³/mol. The number of amides is 1. The van der Waals surface area contributed by atoms with E-state index in [-0.39, 0.29) is 5.91 Å². The van der Waals surface area contributed by atoms with Crippen LogP contribution in [-0.4, -0.2) is 10.9 Å². The van der Waals surface area contributed by atoms with Gasteiger partial charge >= 0.3 is 0 Å². The molecule has 23 heavy (non-hydrogen) atoms. The van der Waals surface area contributed by atoms with Gasteiger partial charge in [0.1, 0.15) is 0 Å². The first-order chi connectivity index (χ1) is 11.1. The lowest BCUT2D eigenvalue weighted by Gasteiger charge is -2.09. The molecule has 0 fully saturated rings. The second-order valence-corrected chi connectivity index (χ2v) is 6.08.